The van der Waals surface area contributed by atoms with Crippen LogP contribution in [0.2, 0.25) is 0 Å². The predicted octanol–water partition coefficient (Wildman–Crippen LogP) is 1.56. The Bertz CT molecular complexity index is 841. The zero-order valence-electron chi connectivity index (χ0n) is 14.6. The summed E-state index contributed by atoms with van der Waals surface area (Å²) in [6.45, 7) is 3.49. The van der Waals surface area contributed by atoms with Crippen molar-refractivity contribution in [2.45, 2.75) is 23.8 Å². The lowest BCUT2D eigenvalue weighted by Crippen LogP contribution is -2.37. The van der Waals surface area contributed by atoms with E-state index < -0.39 is 9.84 Å². The van der Waals surface area contributed by atoms with Crippen molar-refractivity contribution in [3.63, 3.8) is 0 Å². The molecule has 0 bridgehead atoms. The number of sulfone groups is 1. The highest BCUT2D eigenvalue weighted by Crippen LogP contribution is 2.24. The van der Waals surface area contributed by atoms with E-state index in [1.54, 1.807) is 25.3 Å². The molecule has 1 aromatic heterocycles. The van der Waals surface area contributed by atoms with Crippen molar-refractivity contribution in [1.29, 1.82) is 0 Å². The van der Waals surface area contributed by atoms with Crippen LogP contribution in [0, 0.1) is 0 Å². The molecule has 2 aromatic rings. The standard InChI is InChI=1S/C17H24N4O3S/c1-24-9-8-21-7-3-4-13(21)11-18-17-15-10-14(25(2,22)23)5-6-16(15)19-12-20-17/h5-6,10,12-13H,3-4,7-9,11H2,1-2H3,(H,18,19,20). The summed E-state index contributed by atoms with van der Waals surface area (Å²) in [4.78, 5) is 11.2. The molecular formula is C17H24N4O3S. The molecule has 0 spiro atoms. The highest BCUT2D eigenvalue weighted by molar-refractivity contribution is 7.90. The largest absolute Gasteiger partial charge is 0.383 e. The van der Waals surface area contributed by atoms with E-state index in [2.05, 4.69) is 20.2 Å². The Morgan fingerprint density at radius 3 is 2.96 bits per heavy atom. The second-order valence-electron chi connectivity index (χ2n) is 6.38. The number of anilines is 1. The molecule has 7 nitrogen and oxygen atoms in total. The Morgan fingerprint density at radius 2 is 2.20 bits per heavy atom. The van der Waals surface area contributed by atoms with Gasteiger partial charge >= 0.3 is 0 Å². The zero-order chi connectivity index (χ0) is 17.9. The summed E-state index contributed by atoms with van der Waals surface area (Å²) < 4.78 is 28.8. The molecule has 0 amide bonds. The van der Waals surface area contributed by atoms with Gasteiger partial charge in [-0.15, -0.1) is 0 Å². The van der Waals surface area contributed by atoms with Crippen LogP contribution in [0.4, 0.5) is 5.82 Å². The molecule has 0 saturated carbocycles. The molecule has 1 aliphatic heterocycles. The molecule has 1 saturated heterocycles. The van der Waals surface area contributed by atoms with Crippen LogP contribution in [0.3, 0.4) is 0 Å². The second-order valence-corrected chi connectivity index (χ2v) is 8.39. The molecule has 0 radical (unpaired) electrons. The number of rotatable bonds is 7. The van der Waals surface area contributed by atoms with Crippen molar-refractivity contribution in [1.82, 2.24) is 14.9 Å². The fraction of sp³-hybridized carbons (Fsp3) is 0.529. The van der Waals surface area contributed by atoms with Crippen LogP contribution in [0.5, 0.6) is 0 Å². The highest BCUT2D eigenvalue weighted by Gasteiger charge is 2.24. The summed E-state index contributed by atoms with van der Waals surface area (Å²) in [5, 5.41) is 4.11. The monoisotopic (exact) mass is 364 g/mol. The van der Waals surface area contributed by atoms with Crippen molar-refractivity contribution in [2.24, 2.45) is 0 Å². The van der Waals surface area contributed by atoms with Gasteiger partial charge in [0.1, 0.15) is 12.1 Å². The van der Waals surface area contributed by atoms with E-state index in [0.717, 1.165) is 43.6 Å². The lowest BCUT2D eigenvalue weighted by Gasteiger charge is -2.24. The van der Waals surface area contributed by atoms with Crippen LogP contribution < -0.4 is 5.32 Å². The fourth-order valence-electron chi connectivity index (χ4n) is 3.25. The Labute approximate surface area is 148 Å². The molecular weight excluding hydrogens is 340 g/mol. The van der Waals surface area contributed by atoms with Crippen molar-refractivity contribution < 1.29 is 13.2 Å². The summed E-state index contributed by atoms with van der Waals surface area (Å²) in [6, 6.07) is 5.37. The van der Waals surface area contributed by atoms with Crippen molar-refractivity contribution in [3.05, 3.63) is 24.5 Å². The number of fused-ring (bicyclic) bond motifs is 1. The molecule has 2 heterocycles. The topological polar surface area (TPSA) is 84.4 Å². The van der Waals surface area contributed by atoms with E-state index in [4.69, 9.17) is 4.74 Å². The van der Waals surface area contributed by atoms with Gasteiger partial charge in [-0.25, -0.2) is 18.4 Å². The minimum absolute atomic E-state index is 0.278. The Hall–Kier alpha value is -1.77. The Kier molecular flexibility index (Phi) is 5.51. The average molecular weight is 364 g/mol. The molecule has 1 aromatic carbocycles. The van der Waals surface area contributed by atoms with E-state index in [9.17, 15) is 8.42 Å². The smallest absolute Gasteiger partial charge is 0.175 e. The van der Waals surface area contributed by atoms with Crippen LogP contribution in [0.25, 0.3) is 10.9 Å². The third kappa shape index (κ3) is 4.26. The van der Waals surface area contributed by atoms with Gasteiger partial charge < -0.3 is 10.1 Å². The zero-order valence-corrected chi connectivity index (χ0v) is 15.4. The van der Waals surface area contributed by atoms with Gasteiger partial charge in [0.2, 0.25) is 0 Å². The Balaban J connectivity index is 1.79. The van der Waals surface area contributed by atoms with E-state index in [1.165, 1.54) is 19.0 Å². The molecule has 1 aliphatic rings. The number of likely N-dealkylation sites (tertiary alicyclic amines) is 1. The predicted molar refractivity (Wildman–Crippen MR) is 97.6 cm³/mol. The van der Waals surface area contributed by atoms with Gasteiger partial charge in [-0.1, -0.05) is 0 Å². The molecule has 0 aliphatic carbocycles. The number of methoxy groups -OCH3 is 1. The molecule has 1 N–H and O–H groups in total. The van der Waals surface area contributed by atoms with E-state index in [1.807, 2.05) is 0 Å². The summed E-state index contributed by atoms with van der Waals surface area (Å²) in [5.41, 5.74) is 0.729. The highest BCUT2D eigenvalue weighted by atomic mass is 32.2. The number of nitrogens with one attached hydrogen (secondary N) is 1. The van der Waals surface area contributed by atoms with E-state index >= 15 is 0 Å². The van der Waals surface area contributed by atoms with Crippen LogP contribution in [-0.2, 0) is 14.6 Å². The first kappa shape index (κ1) is 18.0. The quantitative estimate of drug-likeness (QED) is 0.798. The van der Waals surface area contributed by atoms with Gasteiger partial charge in [0.05, 0.1) is 17.0 Å². The average Bonchev–Trinajstić information content (AvgIpc) is 3.04. The molecule has 3 rings (SSSR count). The number of aromatic nitrogens is 2. The molecule has 1 atom stereocenters. The van der Waals surface area contributed by atoms with Gasteiger partial charge in [0.15, 0.2) is 9.84 Å². The van der Waals surface area contributed by atoms with Crippen LogP contribution >= 0.6 is 0 Å². The summed E-state index contributed by atoms with van der Waals surface area (Å²) in [7, 11) is -1.55. The third-order valence-electron chi connectivity index (χ3n) is 4.62. The lowest BCUT2D eigenvalue weighted by atomic mass is 10.2. The first-order chi connectivity index (χ1) is 12.0. The molecule has 1 unspecified atom stereocenters. The van der Waals surface area contributed by atoms with Gasteiger partial charge in [-0.2, -0.15) is 0 Å². The minimum Gasteiger partial charge on any atom is -0.383 e. The van der Waals surface area contributed by atoms with Gasteiger partial charge in [0, 0.05) is 37.9 Å². The second kappa shape index (κ2) is 7.63. The molecule has 136 valence electrons. The molecule has 8 heteroatoms. The summed E-state index contributed by atoms with van der Waals surface area (Å²) in [6.07, 6.45) is 5.02. The number of hydrogen-bond donors (Lipinski definition) is 1. The van der Waals surface area contributed by atoms with Gasteiger partial charge in [-0.3, -0.25) is 4.90 Å². The van der Waals surface area contributed by atoms with Crippen molar-refractivity contribution in [3.8, 4) is 0 Å². The van der Waals surface area contributed by atoms with Gasteiger partial charge in [0.25, 0.3) is 0 Å². The van der Waals surface area contributed by atoms with Crippen LogP contribution in [0.15, 0.2) is 29.4 Å². The summed E-state index contributed by atoms with van der Waals surface area (Å²) in [5.74, 6) is 0.675. The van der Waals surface area contributed by atoms with Crippen LogP contribution in [-0.4, -0.2) is 68.9 Å². The normalized spacial score (nSPS) is 18.7. The maximum atomic E-state index is 11.8. The lowest BCUT2D eigenvalue weighted by molar-refractivity contribution is 0.143. The first-order valence-electron chi connectivity index (χ1n) is 8.40. The van der Waals surface area contributed by atoms with E-state index in [-0.39, 0.29) is 4.90 Å². The van der Waals surface area contributed by atoms with Crippen molar-refractivity contribution >= 4 is 26.6 Å². The van der Waals surface area contributed by atoms with Gasteiger partial charge in [-0.05, 0) is 37.6 Å². The molecule has 25 heavy (non-hydrogen) atoms. The number of nitrogens with zero attached hydrogens (tertiary/aromatic N) is 3. The minimum atomic E-state index is -3.27. The third-order valence-corrected chi connectivity index (χ3v) is 5.73. The van der Waals surface area contributed by atoms with E-state index in [0.29, 0.717) is 11.9 Å². The van der Waals surface area contributed by atoms with Crippen molar-refractivity contribution in [2.75, 3.05) is 44.9 Å². The fourth-order valence-corrected chi connectivity index (χ4v) is 3.90. The SMILES string of the molecule is COCCN1CCCC1CNc1ncnc2ccc(S(C)(=O)=O)cc12. The maximum Gasteiger partial charge on any atom is 0.175 e. The number of ether oxygens (including phenoxy) is 1. The Morgan fingerprint density at radius 1 is 1.36 bits per heavy atom. The molecule has 1 fully saturated rings. The number of hydrogen-bond acceptors (Lipinski definition) is 7. The van der Waals surface area contributed by atoms with Crippen LogP contribution in [0.1, 0.15) is 12.8 Å². The maximum absolute atomic E-state index is 11.8. The summed E-state index contributed by atoms with van der Waals surface area (Å²) >= 11 is 0. The first-order valence-corrected chi connectivity index (χ1v) is 10.3. The number of benzene rings is 1.